The van der Waals surface area contributed by atoms with Gasteiger partial charge in [0.1, 0.15) is 11.3 Å². The molecule has 2 aromatic carbocycles. The molecule has 0 saturated heterocycles. The highest BCUT2D eigenvalue weighted by Gasteiger charge is 2.30. The Bertz CT molecular complexity index is 860. The molecule has 0 aliphatic carbocycles. The van der Waals surface area contributed by atoms with Crippen LogP contribution in [0.3, 0.4) is 0 Å². The third kappa shape index (κ3) is 3.32. The van der Waals surface area contributed by atoms with Crippen molar-refractivity contribution in [3.63, 3.8) is 0 Å². The summed E-state index contributed by atoms with van der Waals surface area (Å²) in [7, 11) is 0. The molecule has 0 aromatic heterocycles. The summed E-state index contributed by atoms with van der Waals surface area (Å²) in [6, 6.07) is 8.02. The Labute approximate surface area is 134 Å². The summed E-state index contributed by atoms with van der Waals surface area (Å²) in [5.41, 5.74) is 3.42. The molecule has 0 bridgehead atoms. The molecule has 2 aromatic rings. The van der Waals surface area contributed by atoms with Gasteiger partial charge in [-0.15, -0.1) is 5.11 Å². The van der Waals surface area contributed by atoms with E-state index in [0.29, 0.717) is 11.4 Å². The van der Waals surface area contributed by atoms with Gasteiger partial charge in [-0.2, -0.15) is 5.11 Å². The van der Waals surface area contributed by atoms with E-state index in [-0.39, 0.29) is 5.69 Å². The number of nitrogens with two attached hydrogens (primary N) is 1. The van der Waals surface area contributed by atoms with Gasteiger partial charge in [0.05, 0.1) is 10.6 Å². The fraction of sp³-hybridized carbons (Fsp3) is 0. The van der Waals surface area contributed by atoms with Crippen LogP contribution in [-0.4, -0.2) is 27.1 Å². The van der Waals surface area contributed by atoms with Gasteiger partial charge in [0.15, 0.2) is 5.56 Å². The van der Waals surface area contributed by atoms with Gasteiger partial charge in [-0.3, -0.25) is 10.1 Å². The second-order valence-electron chi connectivity index (χ2n) is 4.51. The monoisotopic (exact) mass is 330 g/mol. The van der Waals surface area contributed by atoms with Gasteiger partial charge in [0, 0.05) is 11.8 Å². The third-order valence-electron chi connectivity index (χ3n) is 2.95. The summed E-state index contributed by atoms with van der Waals surface area (Å²) in [4.78, 5) is 32.6. The molecule has 0 spiro atoms. The van der Waals surface area contributed by atoms with E-state index in [1.807, 2.05) is 0 Å². The highest BCUT2D eigenvalue weighted by Crippen LogP contribution is 2.32. The van der Waals surface area contributed by atoms with Gasteiger partial charge < -0.3 is 15.9 Å². The number of nitro groups is 1. The number of hydrogen-bond donors (Lipinski definition) is 3. The van der Waals surface area contributed by atoms with Crippen molar-refractivity contribution in [1.82, 2.24) is 0 Å². The molecule has 10 heteroatoms. The zero-order valence-corrected chi connectivity index (χ0v) is 11.9. The number of nitrogens with zero attached hydrogens (tertiary/aromatic N) is 3. The van der Waals surface area contributed by atoms with Crippen LogP contribution in [0.4, 0.5) is 22.7 Å². The van der Waals surface area contributed by atoms with Crippen LogP contribution in [0, 0.1) is 10.1 Å². The molecule has 0 unspecified atom stereocenters. The largest absolute Gasteiger partial charge is 0.478 e. The highest BCUT2D eigenvalue weighted by atomic mass is 16.6. The molecule has 0 amide bonds. The molecule has 0 heterocycles. The standard InChI is InChI=1S/C14H10N4O6/c15-7-1-3-8(4-2-7)16-17-9-5-6-10(18(23)24)12(14(21)22)11(9)13(19)20/h1-6H,15H2,(H,19,20)(H,21,22). The number of carboxylic acid groups (broad SMARTS) is 2. The SMILES string of the molecule is Nc1ccc(N=Nc2ccc([N+](=O)[O-])c(C(=O)O)c2C(=O)O)cc1. The lowest BCUT2D eigenvalue weighted by Gasteiger charge is -2.05. The van der Waals surface area contributed by atoms with Crippen molar-refractivity contribution < 1.29 is 24.7 Å². The Hall–Kier alpha value is -3.82. The zero-order valence-electron chi connectivity index (χ0n) is 11.9. The van der Waals surface area contributed by atoms with E-state index in [1.165, 1.54) is 12.1 Å². The van der Waals surface area contributed by atoms with Gasteiger partial charge in [-0.25, -0.2) is 9.59 Å². The number of nitrogen functional groups attached to an aromatic ring is 1. The van der Waals surface area contributed by atoms with E-state index in [9.17, 15) is 24.8 Å². The maximum Gasteiger partial charge on any atom is 0.343 e. The summed E-state index contributed by atoms with van der Waals surface area (Å²) in [5, 5.41) is 36.7. The number of aromatic carboxylic acids is 2. The number of azo groups is 1. The van der Waals surface area contributed by atoms with E-state index >= 15 is 0 Å². The summed E-state index contributed by atoms with van der Waals surface area (Å²) >= 11 is 0. The Kier molecular flexibility index (Phi) is 4.50. The van der Waals surface area contributed by atoms with E-state index in [0.717, 1.165) is 12.1 Å². The van der Waals surface area contributed by atoms with Crippen molar-refractivity contribution in [2.45, 2.75) is 0 Å². The Morgan fingerprint density at radius 3 is 2.04 bits per heavy atom. The van der Waals surface area contributed by atoms with Gasteiger partial charge in [-0.05, 0) is 30.3 Å². The molecule has 0 radical (unpaired) electrons. The average Bonchev–Trinajstić information content (AvgIpc) is 2.52. The summed E-state index contributed by atoms with van der Waals surface area (Å²) in [6.07, 6.45) is 0. The number of hydrogen-bond acceptors (Lipinski definition) is 7. The van der Waals surface area contributed by atoms with E-state index in [4.69, 9.17) is 10.8 Å². The maximum atomic E-state index is 11.4. The zero-order chi connectivity index (χ0) is 17.9. The van der Waals surface area contributed by atoms with Crippen LogP contribution in [0.25, 0.3) is 0 Å². The van der Waals surface area contributed by atoms with Crippen LogP contribution >= 0.6 is 0 Å². The Morgan fingerprint density at radius 1 is 0.958 bits per heavy atom. The molecule has 2 rings (SSSR count). The van der Waals surface area contributed by atoms with E-state index in [2.05, 4.69) is 10.2 Å². The van der Waals surface area contributed by atoms with Crippen LogP contribution in [0.2, 0.25) is 0 Å². The molecule has 0 aliphatic heterocycles. The minimum Gasteiger partial charge on any atom is -0.478 e. The van der Waals surface area contributed by atoms with E-state index < -0.39 is 33.7 Å². The molecule has 24 heavy (non-hydrogen) atoms. The van der Waals surface area contributed by atoms with Gasteiger partial charge >= 0.3 is 11.9 Å². The summed E-state index contributed by atoms with van der Waals surface area (Å²) in [6.45, 7) is 0. The van der Waals surface area contributed by atoms with Gasteiger partial charge in [0.25, 0.3) is 5.69 Å². The first-order chi connectivity index (χ1) is 11.3. The molecule has 0 fully saturated rings. The Balaban J connectivity index is 2.60. The molecule has 0 atom stereocenters. The molecule has 0 saturated carbocycles. The van der Waals surface area contributed by atoms with Crippen molar-refractivity contribution in [3.8, 4) is 0 Å². The number of rotatable bonds is 5. The van der Waals surface area contributed by atoms with Gasteiger partial charge in [0.2, 0.25) is 0 Å². The van der Waals surface area contributed by atoms with Gasteiger partial charge in [-0.1, -0.05) is 0 Å². The fourth-order valence-electron chi connectivity index (χ4n) is 1.90. The predicted molar refractivity (Wildman–Crippen MR) is 82.0 cm³/mol. The lowest BCUT2D eigenvalue weighted by Crippen LogP contribution is -2.11. The van der Waals surface area contributed by atoms with Crippen molar-refractivity contribution in [2.75, 3.05) is 5.73 Å². The first-order valence-corrected chi connectivity index (χ1v) is 6.36. The second-order valence-corrected chi connectivity index (χ2v) is 4.51. The quantitative estimate of drug-likeness (QED) is 0.327. The molecule has 4 N–H and O–H groups in total. The number of carboxylic acids is 2. The number of benzene rings is 2. The lowest BCUT2D eigenvalue weighted by atomic mass is 10.0. The van der Waals surface area contributed by atoms with Crippen LogP contribution in [0.1, 0.15) is 20.7 Å². The summed E-state index contributed by atoms with van der Waals surface area (Å²) in [5.74, 6) is -3.41. The molecule has 122 valence electrons. The number of anilines is 1. The minimum atomic E-state index is -1.75. The smallest absolute Gasteiger partial charge is 0.343 e. The first kappa shape index (κ1) is 16.5. The third-order valence-corrected chi connectivity index (χ3v) is 2.95. The average molecular weight is 330 g/mol. The topological polar surface area (TPSA) is 168 Å². The van der Waals surface area contributed by atoms with Crippen LogP contribution in [-0.2, 0) is 0 Å². The second kappa shape index (κ2) is 6.52. The van der Waals surface area contributed by atoms with E-state index in [1.54, 1.807) is 12.1 Å². The van der Waals surface area contributed by atoms with Crippen LogP contribution in [0.5, 0.6) is 0 Å². The lowest BCUT2D eigenvalue weighted by molar-refractivity contribution is -0.385. The molecular formula is C14H10N4O6. The highest BCUT2D eigenvalue weighted by molar-refractivity contribution is 6.08. The normalized spacial score (nSPS) is 10.7. The van der Waals surface area contributed by atoms with Crippen molar-refractivity contribution in [2.24, 2.45) is 10.2 Å². The molecule has 0 aliphatic rings. The van der Waals surface area contributed by atoms with Crippen LogP contribution in [0.15, 0.2) is 46.6 Å². The maximum absolute atomic E-state index is 11.4. The fourth-order valence-corrected chi connectivity index (χ4v) is 1.90. The summed E-state index contributed by atoms with van der Waals surface area (Å²) < 4.78 is 0. The van der Waals surface area contributed by atoms with Crippen molar-refractivity contribution >= 4 is 34.7 Å². The molecule has 10 nitrogen and oxygen atoms in total. The molecular weight excluding hydrogens is 320 g/mol. The first-order valence-electron chi connectivity index (χ1n) is 6.36. The predicted octanol–water partition coefficient (Wildman–Crippen LogP) is 2.99. The number of nitro benzene ring substituents is 1. The van der Waals surface area contributed by atoms with Crippen LogP contribution < -0.4 is 5.73 Å². The Morgan fingerprint density at radius 2 is 1.54 bits per heavy atom. The van der Waals surface area contributed by atoms with Crippen molar-refractivity contribution in [3.05, 3.63) is 57.6 Å². The van der Waals surface area contributed by atoms with Crippen molar-refractivity contribution in [1.29, 1.82) is 0 Å². The number of carbonyl (C=O) groups is 2. The minimum absolute atomic E-state index is 0.317.